The summed E-state index contributed by atoms with van der Waals surface area (Å²) in [6.07, 6.45) is 0. The van der Waals surface area contributed by atoms with Gasteiger partial charge in [-0.15, -0.1) is 0 Å². The van der Waals surface area contributed by atoms with E-state index in [1.807, 2.05) is 46.9 Å². The first kappa shape index (κ1) is 17.9. The van der Waals surface area contributed by atoms with E-state index >= 15 is 0 Å². The molecule has 4 nitrogen and oxygen atoms in total. The Morgan fingerprint density at radius 1 is 0.923 bits per heavy atom. The van der Waals surface area contributed by atoms with Crippen molar-refractivity contribution in [2.45, 2.75) is 41.5 Å². The van der Waals surface area contributed by atoms with Gasteiger partial charge in [0.2, 0.25) is 5.91 Å². The Bertz CT molecular complexity index is 111. The number of carbonyl (C=O) groups is 2. The molecule has 0 radical (unpaired) electrons. The van der Waals surface area contributed by atoms with Crippen LogP contribution in [0.2, 0.25) is 0 Å². The lowest BCUT2D eigenvalue weighted by Gasteiger charge is -1.78. The monoisotopic (exact) mass is 190 g/mol. The highest BCUT2D eigenvalue weighted by Crippen LogP contribution is 1.73. The Morgan fingerprint density at radius 2 is 1.31 bits per heavy atom. The van der Waals surface area contributed by atoms with Crippen LogP contribution in [0.4, 0.5) is 4.79 Å². The van der Waals surface area contributed by atoms with E-state index in [1.54, 1.807) is 0 Å². The standard InChI is InChI=1S/C3H4N2O2.3C2H6/c6-2-1-4-3(7)5-2;3*1-2/h1H2,(H2,4,5,6,7);3*1-2H3. The smallest absolute Gasteiger partial charge is 0.321 e. The van der Waals surface area contributed by atoms with Crippen LogP contribution < -0.4 is 10.6 Å². The molecule has 3 amide bonds. The third kappa shape index (κ3) is 13.9. The van der Waals surface area contributed by atoms with Gasteiger partial charge in [-0.25, -0.2) is 4.79 Å². The molecule has 2 N–H and O–H groups in total. The van der Waals surface area contributed by atoms with Crippen molar-refractivity contribution in [3.05, 3.63) is 0 Å². The summed E-state index contributed by atoms with van der Waals surface area (Å²) in [7, 11) is 0. The van der Waals surface area contributed by atoms with Gasteiger partial charge in [0.25, 0.3) is 0 Å². The maximum absolute atomic E-state index is 10.1. The normalized spacial score (nSPS) is 11.5. The lowest BCUT2D eigenvalue weighted by atomic mass is 10.7. The van der Waals surface area contributed by atoms with Crippen LogP contribution in [0, 0.1) is 0 Å². The summed E-state index contributed by atoms with van der Waals surface area (Å²) in [6, 6.07) is -0.398. The molecular weight excluding hydrogens is 168 g/mol. The first-order valence-corrected chi connectivity index (χ1v) is 4.87. The van der Waals surface area contributed by atoms with E-state index < -0.39 is 6.03 Å². The van der Waals surface area contributed by atoms with E-state index in [0.29, 0.717) is 0 Å². The molecule has 0 aliphatic carbocycles. The largest absolute Gasteiger partial charge is 0.329 e. The van der Waals surface area contributed by atoms with Crippen LogP contribution in [0.1, 0.15) is 41.5 Å². The molecule has 1 fully saturated rings. The zero-order chi connectivity index (χ0) is 11.3. The second-order valence-corrected chi connectivity index (χ2v) is 1.23. The molecule has 13 heavy (non-hydrogen) atoms. The predicted molar refractivity (Wildman–Crippen MR) is 55.6 cm³/mol. The summed E-state index contributed by atoms with van der Waals surface area (Å²) in [5.74, 6) is -0.259. The van der Waals surface area contributed by atoms with Gasteiger partial charge in [0, 0.05) is 0 Å². The number of carbonyl (C=O) groups excluding carboxylic acids is 2. The van der Waals surface area contributed by atoms with Crippen molar-refractivity contribution in [3.63, 3.8) is 0 Å². The van der Waals surface area contributed by atoms with Gasteiger partial charge in [0.05, 0.1) is 6.54 Å². The Kier molecular flexibility index (Phi) is 23.6. The molecule has 0 saturated carbocycles. The van der Waals surface area contributed by atoms with E-state index in [4.69, 9.17) is 0 Å². The molecular formula is C9H22N2O2. The van der Waals surface area contributed by atoms with Crippen molar-refractivity contribution >= 4 is 11.9 Å². The number of rotatable bonds is 0. The fraction of sp³-hybridized carbons (Fsp3) is 0.778. The highest BCUT2D eigenvalue weighted by molar-refractivity contribution is 6.01. The number of urea groups is 1. The minimum absolute atomic E-state index is 0.124. The summed E-state index contributed by atoms with van der Waals surface area (Å²) < 4.78 is 0. The van der Waals surface area contributed by atoms with Crippen molar-refractivity contribution in [1.82, 2.24) is 10.6 Å². The third-order valence-electron chi connectivity index (χ3n) is 0.662. The molecule has 1 saturated heterocycles. The SMILES string of the molecule is CC.CC.CC.O=C1CNC(=O)N1. The maximum Gasteiger partial charge on any atom is 0.321 e. The Balaban J connectivity index is -0.000000144. The molecule has 0 atom stereocenters. The van der Waals surface area contributed by atoms with Crippen molar-refractivity contribution in [3.8, 4) is 0 Å². The average molecular weight is 190 g/mol. The van der Waals surface area contributed by atoms with Crippen LogP contribution in [-0.2, 0) is 4.79 Å². The van der Waals surface area contributed by atoms with Crippen molar-refractivity contribution in [2.75, 3.05) is 6.54 Å². The van der Waals surface area contributed by atoms with Crippen LogP contribution in [0.5, 0.6) is 0 Å². The molecule has 0 aromatic rings. The van der Waals surface area contributed by atoms with Crippen LogP contribution >= 0.6 is 0 Å². The lowest BCUT2D eigenvalue weighted by molar-refractivity contribution is -0.117. The molecule has 4 heteroatoms. The van der Waals surface area contributed by atoms with Gasteiger partial charge < -0.3 is 5.32 Å². The third-order valence-corrected chi connectivity index (χ3v) is 0.662. The first-order valence-electron chi connectivity index (χ1n) is 4.87. The fourth-order valence-electron chi connectivity index (χ4n) is 0.376. The van der Waals surface area contributed by atoms with Crippen LogP contribution in [-0.4, -0.2) is 18.5 Å². The summed E-state index contributed by atoms with van der Waals surface area (Å²) in [5.41, 5.74) is 0. The molecule has 0 aromatic heterocycles. The molecule has 0 unspecified atom stereocenters. The van der Waals surface area contributed by atoms with Crippen molar-refractivity contribution < 1.29 is 9.59 Å². The number of nitrogens with one attached hydrogen (secondary N) is 2. The second kappa shape index (κ2) is 17.1. The zero-order valence-corrected chi connectivity index (χ0v) is 9.52. The zero-order valence-electron chi connectivity index (χ0n) is 9.52. The second-order valence-electron chi connectivity index (χ2n) is 1.23. The number of hydrogen-bond acceptors (Lipinski definition) is 2. The topological polar surface area (TPSA) is 58.2 Å². The maximum atomic E-state index is 10.1. The Hall–Kier alpha value is -1.06. The van der Waals surface area contributed by atoms with E-state index in [9.17, 15) is 9.59 Å². The number of amides is 3. The molecule has 80 valence electrons. The fourth-order valence-corrected chi connectivity index (χ4v) is 0.376. The quantitative estimate of drug-likeness (QED) is 0.573. The van der Waals surface area contributed by atoms with Crippen LogP contribution in [0.3, 0.4) is 0 Å². The Labute approximate surface area is 81.1 Å². The van der Waals surface area contributed by atoms with Crippen molar-refractivity contribution in [1.29, 1.82) is 0 Å². The number of hydrogen-bond donors (Lipinski definition) is 2. The molecule has 1 rings (SSSR count). The molecule has 1 aliphatic heterocycles. The van der Waals surface area contributed by atoms with Gasteiger partial charge >= 0.3 is 6.03 Å². The first-order chi connectivity index (χ1) is 6.29. The summed E-state index contributed by atoms with van der Waals surface area (Å²) in [5, 5.41) is 4.30. The highest BCUT2D eigenvalue weighted by atomic mass is 16.2. The van der Waals surface area contributed by atoms with E-state index in [2.05, 4.69) is 5.32 Å². The molecule has 0 bridgehead atoms. The summed E-state index contributed by atoms with van der Waals surface area (Å²) in [4.78, 5) is 20.1. The van der Waals surface area contributed by atoms with Gasteiger partial charge in [0.15, 0.2) is 0 Å². The molecule has 0 spiro atoms. The van der Waals surface area contributed by atoms with Gasteiger partial charge in [-0.3, -0.25) is 10.1 Å². The van der Waals surface area contributed by atoms with E-state index in [0.717, 1.165) is 0 Å². The summed E-state index contributed by atoms with van der Waals surface area (Å²) in [6.45, 7) is 12.1. The van der Waals surface area contributed by atoms with Crippen LogP contribution in [0.15, 0.2) is 0 Å². The molecule has 0 aromatic carbocycles. The lowest BCUT2D eigenvalue weighted by Crippen LogP contribution is -2.22. The minimum Gasteiger partial charge on any atom is -0.329 e. The molecule has 1 heterocycles. The van der Waals surface area contributed by atoms with Crippen molar-refractivity contribution in [2.24, 2.45) is 0 Å². The minimum atomic E-state index is -0.398. The molecule has 1 aliphatic rings. The van der Waals surface area contributed by atoms with Gasteiger partial charge in [-0.2, -0.15) is 0 Å². The van der Waals surface area contributed by atoms with Crippen LogP contribution in [0.25, 0.3) is 0 Å². The number of imide groups is 1. The van der Waals surface area contributed by atoms with E-state index in [-0.39, 0.29) is 12.5 Å². The van der Waals surface area contributed by atoms with Gasteiger partial charge in [0.1, 0.15) is 0 Å². The predicted octanol–water partition coefficient (Wildman–Crippen LogP) is 1.90. The average Bonchev–Trinajstić information content (AvgIpc) is 2.60. The Morgan fingerprint density at radius 3 is 1.38 bits per heavy atom. The summed E-state index contributed by atoms with van der Waals surface area (Å²) >= 11 is 0. The van der Waals surface area contributed by atoms with Gasteiger partial charge in [-0.05, 0) is 0 Å². The van der Waals surface area contributed by atoms with E-state index in [1.165, 1.54) is 0 Å². The highest BCUT2D eigenvalue weighted by Gasteiger charge is 2.14. The van der Waals surface area contributed by atoms with Gasteiger partial charge in [-0.1, -0.05) is 41.5 Å².